The Balaban J connectivity index is 0.000000336. The number of nitrogens with zero attached hydrogens (tertiary/aromatic N) is 2. The largest absolute Gasteiger partial charge is 2.00 e. The van der Waals surface area contributed by atoms with Crippen molar-refractivity contribution in [2.45, 2.75) is 125 Å². The second kappa shape index (κ2) is 30.3. The van der Waals surface area contributed by atoms with Gasteiger partial charge in [0.25, 0.3) is 0 Å². The number of anilines is 2. The number of carboxylic acid groups (broad SMARTS) is 2. The molecule has 8 atom stereocenters. The minimum absolute atomic E-state index is 0. The SMILES string of the molecule is CC(C)CN([C@H](c1ccco1)[C@H](OP(=O)(O)O)[C@H](CC1C=CCCC1)NC(=O)[O-])S(=O)(=O)c1ccc(N)cc1.CC(C)CN([C@H](c1ccco1)[C@H](OP(=O)(O)O)[C@H](CC1C=CCCC1)NC(=O)[O-])S(=O)(=O)c1ccc(N)cc1.[Ca+2]. The number of hydrogen-bond acceptors (Lipinski definition) is 16. The van der Waals surface area contributed by atoms with E-state index in [1.807, 2.05) is 24.3 Å². The molecule has 29 heteroatoms. The molecule has 0 aliphatic heterocycles. The number of nitrogens with one attached hydrogen (secondary N) is 2. The number of nitrogens with two attached hydrogens (primary N) is 2. The van der Waals surface area contributed by atoms with Gasteiger partial charge < -0.3 is 70.3 Å². The smallest absolute Gasteiger partial charge is 0.530 e. The number of phosphoric acid groups is 2. The molecule has 0 saturated heterocycles. The Labute approximate surface area is 490 Å². The van der Waals surface area contributed by atoms with E-state index >= 15 is 0 Å². The van der Waals surface area contributed by atoms with Gasteiger partial charge in [-0.2, -0.15) is 8.61 Å². The Morgan fingerprint density at radius 1 is 0.646 bits per heavy atom. The van der Waals surface area contributed by atoms with Crippen molar-refractivity contribution in [2.24, 2.45) is 23.7 Å². The standard InChI is InChI=1S/2C25H36N3O9PS.Ca/c2*1-17(2)16-28(39(34,35)20-12-10-19(26)11-13-20)23(22-9-6-14-36-22)24(37-38(31,32)33)21(27-25(29)30)15-18-7-4-3-5-8-18;/h2*4,6-7,9-14,17-18,21,23-24,27H,3,5,8,15-16,26H2,1-2H3,(H,29,30)(H2,31,32,33);/q;;+2/p-2/t2*18?,21-,23+,24+;/m00./s1. The molecule has 2 aliphatic carbocycles. The van der Waals surface area contributed by atoms with Crippen LogP contribution in [0, 0.1) is 23.7 Å². The number of sulfonamides is 2. The van der Waals surface area contributed by atoms with E-state index < -0.39 is 84.3 Å². The number of allylic oxidation sites excluding steroid dienone is 4. The zero-order valence-corrected chi connectivity index (χ0v) is 49.8. The van der Waals surface area contributed by atoms with Gasteiger partial charge in [0.05, 0.1) is 34.4 Å². The maximum Gasteiger partial charge on any atom is 2.00 e. The van der Waals surface area contributed by atoms with Crippen LogP contribution in [0.25, 0.3) is 0 Å². The predicted molar refractivity (Wildman–Crippen MR) is 288 cm³/mol. The van der Waals surface area contributed by atoms with Gasteiger partial charge in [-0.05, 0) is 148 Å². The Kier molecular flexibility index (Phi) is 25.8. The molecule has 2 heterocycles. The van der Waals surface area contributed by atoms with Crippen molar-refractivity contribution < 1.29 is 83.2 Å². The van der Waals surface area contributed by atoms with Crippen LogP contribution in [0.5, 0.6) is 0 Å². The summed E-state index contributed by atoms with van der Waals surface area (Å²) >= 11 is 0. The summed E-state index contributed by atoms with van der Waals surface area (Å²) in [6.45, 7) is 6.86. The minimum Gasteiger partial charge on any atom is -0.530 e. The topological polar surface area (TPSA) is 391 Å². The maximum absolute atomic E-state index is 14.1. The van der Waals surface area contributed by atoms with Crippen LogP contribution in [-0.2, 0) is 38.2 Å². The average molecular weight is 1210 g/mol. The van der Waals surface area contributed by atoms with E-state index in [1.165, 1.54) is 85.3 Å². The van der Waals surface area contributed by atoms with Gasteiger partial charge in [0, 0.05) is 24.5 Å². The van der Waals surface area contributed by atoms with E-state index in [0.717, 1.165) is 34.3 Å². The number of amides is 2. The average Bonchev–Trinajstić information content (AvgIpc) is 4.13. The molecule has 0 radical (unpaired) electrons. The molecule has 432 valence electrons. The summed E-state index contributed by atoms with van der Waals surface area (Å²) in [7, 11) is -19.3. The molecule has 0 saturated carbocycles. The molecule has 6 rings (SSSR count). The first-order valence-corrected chi connectivity index (χ1v) is 31.1. The fourth-order valence-electron chi connectivity index (χ4n) is 9.53. The second-order valence-corrected chi connectivity index (χ2v) is 26.1. The third-order valence-electron chi connectivity index (χ3n) is 12.7. The molecule has 0 bridgehead atoms. The van der Waals surface area contributed by atoms with Crippen LogP contribution in [0.4, 0.5) is 21.0 Å². The third kappa shape index (κ3) is 20.7. The second-order valence-electron chi connectivity index (χ2n) is 19.9. The number of furan rings is 2. The summed E-state index contributed by atoms with van der Waals surface area (Å²) in [6, 6.07) is 11.3. The Bertz CT molecular complexity index is 2730. The first-order chi connectivity index (χ1) is 36.5. The van der Waals surface area contributed by atoms with Gasteiger partial charge in [-0.1, -0.05) is 52.0 Å². The Morgan fingerprint density at radius 2 is 0.987 bits per heavy atom. The predicted octanol–water partition coefficient (Wildman–Crippen LogP) is 5.17. The Hall–Kier alpha value is -4.08. The molecule has 24 nitrogen and oxygen atoms in total. The van der Waals surface area contributed by atoms with Crippen molar-refractivity contribution in [1.82, 2.24) is 19.2 Å². The molecule has 2 aliphatic rings. The van der Waals surface area contributed by atoms with E-state index in [1.54, 1.807) is 27.7 Å². The van der Waals surface area contributed by atoms with Gasteiger partial charge in [0.2, 0.25) is 20.0 Å². The van der Waals surface area contributed by atoms with Crippen molar-refractivity contribution in [3.8, 4) is 0 Å². The van der Waals surface area contributed by atoms with Crippen LogP contribution >= 0.6 is 15.6 Å². The van der Waals surface area contributed by atoms with Crippen LogP contribution < -0.4 is 32.3 Å². The molecule has 10 N–H and O–H groups in total. The molecule has 2 amide bonds. The molecule has 79 heavy (non-hydrogen) atoms. The van der Waals surface area contributed by atoms with Crippen molar-refractivity contribution in [3.05, 3.63) is 121 Å². The van der Waals surface area contributed by atoms with E-state index in [9.17, 15) is 65.3 Å². The van der Waals surface area contributed by atoms with Crippen LogP contribution in [0.1, 0.15) is 103 Å². The summed E-state index contributed by atoms with van der Waals surface area (Å²) in [5.74, 6) is -0.785. The maximum atomic E-state index is 14.1. The van der Waals surface area contributed by atoms with E-state index in [0.29, 0.717) is 24.2 Å². The summed E-state index contributed by atoms with van der Waals surface area (Å²) in [5, 5.41) is 28.0. The van der Waals surface area contributed by atoms with E-state index in [2.05, 4.69) is 10.6 Å². The van der Waals surface area contributed by atoms with Crippen LogP contribution in [0.2, 0.25) is 0 Å². The normalized spacial score (nSPS) is 18.4. The number of carbonyl (C=O) groups is 2. The van der Waals surface area contributed by atoms with Crippen LogP contribution in [0.3, 0.4) is 0 Å². The number of carbonyl (C=O) groups excluding carboxylic acids is 2. The van der Waals surface area contributed by atoms with Gasteiger partial charge in [0.1, 0.15) is 48.0 Å². The number of rotatable bonds is 26. The quantitative estimate of drug-likeness (QED) is 0.0174. The van der Waals surface area contributed by atoms with Gasteiger partial charge in [-0.25, -0.2) is 26.0 Å². The Morgan fingerprint density at radius 3 is 1.24 bits per heavy atom. The van der Waals surface area contributed by atoms with Gasteiger partial charge in [0.15, 0.2) is 0 Å². The summed E-state index contributed by atoms with van der Waals surface area (Å²) in [6.07, 6.45) is 8.42. The molecule has 2 unspecified atom stereocenters. The van der Waals surface area contributed by atoms with E-state index in [-0.39, 0.29) is 109 Å². The fraction of sp³-hybridized carbons (Fsp3) is 0.480. The van der Waals surface area contributed by atoms with Crippen LogP contribution in [0.15, 0.2) is 128 Å². The third-order valence-corrected chi connectivity index (χ3v) is 17.5. The van der Waals surface area contributed by atoms with Gasteiger partial charge in [-0.15, -0.1) is 0 Å². The van der Waals surface area contributed by atoms with Gasteiger partial charge in [-0.3, -0.25) is 9.05 Å². The summed E-state index contributed by atoms with van der Waals surface area (Å²) in [5.41, 5.74) is 12.2. The van der Waals surface area contributed by atoms with Crippen molar-refractivity contribution >= 4 is 97.0 Å². The summed E-state index contributed by atoms with van der Waals surface area (Å²) < 4.78 is 104. The van der Waals surface area contributed by atoms with E-state index in [4.69, 9.17) is 29.3 Å². The number of phosphoric ester groups is 2. The molecule has 0 spiro atoms. The van der Waals surface area contributed by atoms with Crippen molar-refractivity contribution in [3.63, 3.8) is 0 Å². The fourth-order valence-corrected chi connectivity index (χ4v) is 14.2. The zero-order chi connectivity index (χ0) is 57.6. The number of nitrogen functional groups attached to an aromatic ring is 2. The molecular formula is C50H70CaN6O18P2S2. The van der Waals surface area contributed by atoms with Crippen molar-refractivity contribution in [1.29, 1.82) is 0 Å². The van der Waals surface area contributed by atoms with Gasteiger partial charge >= 0.3 is 53.4 Å². The van der Waals surface area contributed by atoms with Crippen LogP contribution in [-0.4, -0.2) is 132 Å². The number of benzene rings is 2. The van der Waals surface area contributed by atoms with Crippen molar-refractivity contribution in [2.75, 3.05) is 24.6 Å². The number of hydrogen-bond donors (Lipinski definition) is 8. The molecule has 0 fully saturated rings. The molecular weight excluding hydrogens is 1140 g/mol. The first kappa shape index (κ1) is 67.4. The molecule has 2 aromatic heterocycles. The first-order valence-electron chi connectivity index (χ1n) is 25.1. The minimum atomic E-state index is -5.28. The molecule has 4 aromatic rings. The summed E-state index contributed by atoms with van der Waals surface area (Å²) in [4.78, 5) is 62.9. The molecule has 2 aromatic carbocycles. The monoisotopic (exact) mass is 1210 g/mol. The zero-order valence-electron chi connectivity index (χ0n) is 44.2.